The van der Waals surface area contributed by atoms with Crippen molar-refractivity contribution in [3.05, 3.63) is 191 Å². The maximum Gasteiger partial charge on any atom is 0.142 e. The number of hydrogen-bond donors (Lipinski definition) is 0. The molecule has 11 rings (SSSR count). The van der Waals surface area contributed by atoms with Gasteiger partial charge >= 0.3 is 0 Å². The summed E-state index contributed by atoms with van der Waals surface area (Å²) in [6, 6.07) is 55.7. The highest BCUT2D eigenvalue weighted by Crippen LogP contribution is 2.46. The molecule has 0 atom stereocenters. The third-order valence-electron chi connectivity index (χ3n) is 12.9. The van der Waals surface area contributed by atoms with Crippen LogP contribution in [-0.4, -0.2) is 0 Å². The van der Waals surface area contributed by atoms with Crippen molar-refractivity contribution in [2.45, 2.75) is 61.3 Å². The van der Waals surface area contributed by atoms with Crippen LogP contribution < -0.4 is 9.80 Å². The quantitative estimate of drug-likeness (QED) is 0.160. The van der Waals surface area contributed by atoms with E-state index in [1.807, 2.05) is 0 Å². The van der Waals surface area contributed by atoms with Gasteiger partial charge in [-0.1, -0.05) is 74.5 Å². The standard InChI is InChI=1S/C59H50N2O2/c1-34(2)57-58-51(49-29-41-17-19-45(27-43(41)31-55(49)62-58)60(53-15-11-9-13-39(53)7)47-23-35(3)21-36(4)24-47)33-52-50-30-42-18-20-46(28-44(42)32-56(50)63-59(52)57)61(54-16-12-10-14-40(54)8)48-25-37(5)22-38(6)26-48/h9-34H,1-8H3. The molecule has 9 aromatic carbocycles. The van der Waals surface area contributed by atoms with Crippen LogP contribution in [0, 0.1) is 41.5 Å². The van der Waals surface area contributed by atoms with Crippen molar-refractivity contribution >= 4 is 99.5 Å². The van der Waals surface area contributed by atoms with Gasteiger partial charge in [-0.25, -0.2) is 0 Å². The summed E-state index contributed by atoms with van der Waals surface area (Å²) in [4.78, 5) is 4.76. The summed E-state index contributed by atoms with van der Waals surface area (Å²) in [6.07, 6.45) is 0. The van der Waals surface area contributed by atoms with Crippen molar-refractivity contribution in [1.29, 1.82) is 0 Å². The first-order valence-corrected chi connectivity index (χ1v) is 22.1. The van der Waals surface area contributed by atoms with E-state index < -0.39 is 0 Å². The summed E-state index contributed by atoms with van der Waals surface area (Å²) in [5.41, 5.74) is 18.9. The van der Waals surface area contributed by atoms with E-state index in [-0.39, 0.29) is 5.92 Å². The van der Waals surface area contributed by atoms with Gasteiger partial charge in [0.1, 0.15) is 22.3 Å². The van der Waals surface area contributed by atoms with Crippen LogP contribution >= 0.6 is 0 Å². The summed E-state index contributed by atoms with van der Waals surface area (Å²) in [7, 11) is 0. The molecule has 0 amide bonds. The summed E-state index contributed by atoms with van der Waals surface area (Å²) in [6.45, 7) is 17.5. The van der Waals surface area contributed by atoms with Crippen LogP contribution in [0.3, 0.4) is 0 Å². The Kier molecular flexibility index (Phi) is 8.99. The number of nitrogens with zero attached hydrogens (tertiary/aromatic N) is 2. The fraction of sp³-hybridized carbons (Fsp3) is 0.153. The Labute approximate surface area is 368 Å². The lowest BCUT2D eigenvalue weighted by atomic mass is 9.95. The molecule has 0 bridgehead atoms. The molecule has 308 valence electrons. The zero-order chi connectivity index (χ0) is 43.3. The Morgan fingerprint density at radius 3 is 1.17 bits per heavy atom. The van der Waals surface area contributed by atoms with Crippen LogP contribution in [0.1, 0.15) is 58.7 Å². The van der Waals surface area contributed by atoms with Crippen molar-refractivity contribution in [3.63, 3.8) is 0 Å². The second-order valence-corrected chi connectivity index (χ2v) is 18.1. The van der Waals surface area contributed by atoms with Gasteiger partial charge in [-0.2, -0.15) is 0 Å². The first kappa shape index (κ1) is 38.6. The highest BCUT2D eigenvalue weighted by molar-refractivity contribution is 6.20. The smallest absolute Gasteiger partial charge is 0.142 e. The molecule has 2 heterocycles. The van der Waals surface area contributed by atoms with Crippen LogP contribution in [0.15, 0.2) is 160 Å². The zero-order valence-electron chi connectivity index (χ0n) is 37.2. The lowest BCUT2D eigenvalue weighted by Crippen LogP contribution is -2.11. The fourth-order valence-corrected chi connectivity index (χ4v) is 10.1. The lowest BCUT2D eigenvalue weighted by molar-refractivity contribution is 0.638. The molecule has 0 N–H and O–H groups in total. The van der Waals surface area contributed by atoms with Crippen LogP contribution in [-0.2, 0) is 0 Å². The third-order valence-corrected chi connectivity index (χ3v) is 12.9. The lowest BCUT2D eigenvalue weighted by Gasteiger charge is -2.28. The molecule has 0 fully saturated rings. The molecule has 63 heavy (non-hydrogen) atoms. The average Bonchev–Trinajstić information content (AvgIpc) is 3.78. The van der Waals surface area contributed by atoms with Crippen molar-refractivity contribution in [1.82, 2.24) is 0 Å². The summed E-state index contributed by atoms with van der Waals surface area (Å²) in [5, 5.41) is 9.06. The Hall–Kier alpha value is -7.30. The number of anilines is 6. The maximum atomic E-state index is 6.93. The van der Waals surface area contributed by atoms with Crippen LogP contribution in [0.4, 0.5) is 34.1 Å². The zero-order valence-corrected chi connectivity index (χ0v) is 37.2. The highest BCUT2D eigenvalue weighted by atomic mass is 16.3. The number of para-hydroxylation sites is 2. The number of fused-ring (bicyclic) bond motifs is 8. The Morgan fingerprint density at radius 2 is 0.778 bits per heavy atom. The number of rotatable bonds is 7. The summed E-state index contributed by atoms with van der Waals surface area (Å²) in [5.74, 6) is 0.167. The second kappa shape index (κ2) is 14.7. The van der Waals surface area contributed by atoms with Crippen molar-refractivity contribution in [2.75, 3.05) is 9.80 Å². The van der Waals surface area contributed by atoms with Gasteiger partial charge < -0.3 is 18.6 Å². The molecule has 2 aromatic heterocycles. The summed E-state index contributed by atoms with van der Waals surface area (Å²) < 4.78 is 13.9. The van der Waals surface area contributed by atoms with Gasteiger partial charge in [0.2, 0.25) is 0 Å². The third kappa shape index (κ3) is 6.52. The minimum absolute atomic E-state index is 0.167. The second-order valence-electron chi connectivity index (χ2n) is 18.1. The average molecular weight is 819 g/mol. The van der Waals surface area contributed by atoms with Crippen LogP contribution in [0.5, 0.6) is 0 Å². The molecule has 0 aliphatic heterocycles. The first-order valence-electron chi connectivity index (χ1n) is 22.1. The van der Waals surface area contributed by atoms with Gasteiger partial charge in [0.15, 0.2) is 0 Å². The normalized spacial score (nSPS) is 12.0. The minimum Gasteiger partial charge on any atom is -0.456 e. The van der Waals surface area contributed by atoms with E-state index in [4.69, 9.17) is 8.83 Å². The minimum atomic E-state index is 0.167. The van der Waals surface area contributed by atoms with Gasteiger partial charge in [-0.3, -0.25) is 0 Å². The van der Waals surface area contributed by atoms with E-state index in [0.29, 0.717) is 0 Å². The molecular weight excluding hydrogens is 769 g/mol. The van der Waals surface area contributed by atoms with E-state index in [2.05, 4.69) is 217 Å². The van der Waals surface area contributed by atoms with Crippen molar-refractivity contribution in [3.8, 4) is 0 Å². The molecule has 11 aromatic rings. The molecule has 0 radical (unpaired) electrons. The van der Waals surface area contributed by atoms with Crippen molar-refractivity contribution in [2.24, 2.45) is 0 Å². The van der Waals surface area contributed by atoms with E-state index in [1.165, 1.54) is 44.2 Å². The van der Waals surface area contributed by atoms with E-state index >= 15 is 0 Å². The van der Waals surface area contributed by atoms with Gasteiger partial charge in [-0.05, 0) is 193 Å². The summed E-state index contributed by atoms with van der Waals surface area (Å²) >= 11 is 0. The Balaban J connectivity index is 1.06. The molecule has 0 aliphatic rings. The molecule has 0 spiro atoms. The molecule has 0 saturated carbocycles. The SMILES string of the molecule is Cc1cc(C)cc(N(c2ccc3cc4c(cc3c2)oc2c(C(C)C)c3oc5cc6cc(N(c7cc(C)cc(C)c7)c7ccccc7C)ccc6cc5c3cc24)c2ccccc2C)c1. The predicted molar refractivity (Wildman–Crippen MR) is 268 cm³/mol. The molecule has 0 saturated heterocycles. The largest absolute Gasteiger partial charge is 0.456 e. The topological polar surface area (TPSA) is 32.8 Å². The monoisotopic (exact) mass is 818 g/mol. The molecule has 4 heteroatoms. The van der Waals surface area contributed by atoms with Crippen LogP contribution in [0.25, 0.3) is 65.4 Å². The van der Waals surface area contributed by atoms with E-state index in [1.54, 1.807) is 0 Å². The number of furan rings is 2. The molecule has 0 unspecified atom stereocenters. The van der Waals surface area contributed by atoms with Gasteiger partial charge in [0.25, 0.3) is 0 Å². The molecular formula is C59H50N2O2. The molecule has 0 aliphatic carbocycles. The fourth-order valence-electron chi connectivity index (χ4n) is 10.1. The Bertz CT molecular complexity index is 3370. The van der Waals surface area contributed by atoms with Crippen molar-refractivity contribution < 1.29 is 8.83 Å². The maximum absolute atomic E-state index is 6.93. The Morgan fingerprint density at radius 1 is 0.365 bits per heavy atom. The number of benzene rings is 9. The number of aryl methyl sites for hydroxylation is 6. The van der Waals surface area contributed by atoms with Gasteiger partial charge in [0.05, 0.1) is 0 Å². The van der Waals surface area contributed by atoms with Gasteiger partial charge in [0, 0.05) is 61.2 Å². The molecule has 4 nitrogen and oxygen atoms in total. The highest BCUT2D eigenvalue weighted by Gasteiger charge is 2.24. The van der Waals surface area contributed by atoms with E-state index in [9.17, 15) is 0 Å². The van der Waals surface area contributed by atoms with E-state index in [0.717, 1.165) is 94.3 Å². The van der Waals surface area contributed by atoms with Crippen LogP contribution in [0.2, 0.25) is 0 Å². The number of hydrogen-bond acceptors (Lipinski definition) is 4. The predicted octanol–water partition coefficient (Wildman–Crippen LogP) is 17.7. The van der Waals surface area contributed by atoms with Gasteiger partial charge in [-0.15, -0.1) is 0 Å². The first-order chi connectivity index (χ1) is 30.5.